The molecule has 0 bridgehead atoms. The lowest BCUT2D eigenvalue weighted by atomic mass is 10.1. The average molecular weight is 223 g/mol. The predicted molar refractivity (Wildman–Crippen MR) is 70.6 cm³/mol. The van der Waals surface area contributed by atoms with Gasteiger partial charge in [-0.05, 0) is 16.8 Å². The van der Waals surface area contributed by atoms with E-state index in [0.717, 1.165) is 11.3 Å². The minimum atomic E-state index is 0.535. The van der Waals surface area contributed by atoms with Crippen molar-refractivity contribution < 1.29 is 0 Å². The molecule has 0 aliphatic carbocycles. The summed E-state index contributed by atoms with van der Waals surface area (Å²) in [6, 6.07) is 14.7. The summed E-state index contributed by atoms with van der Waals surface area (Å²) in [6.45, 7) is 0. The van der Waals surface area contributed by atoms with Crippen LogP contribution in [0.15, 0.2) is 48.7 Å². The monoisotopic (exact) mass is 223 g/mol. The molecule has 2 aromatic carbocycles. The van der Waals surface area contributed by atoms with Crippen molar-refractivity contribution in [1.29, 1.82) is 0 Å². The molecule has 2 N–H and O–H groups in total. The van der Waals surface area contributed by atoms with Crippen LogP contribution in [0, 0.1) is 0 Å². The molecule has 0 saturated carbocycles. The van der Waals surface area contributed by atoms with E-state index < -0.39 is 0 Å². The van der Waals surface area contributed by atoms with Crippen LogP contribution in [-0.2, 0) is 7.05 Å². The van der Waals surface area contributed by atoms with Gasteiger partial charge in [-0.25, -0.2) is 4.98 Å². The van der Waals surface area contributed by atoms with Crippen LogP contribution in [0.5, 0.6) is 0 Å². The molecule has 0 fully saturated rings. The lowest BCUT2D eigenvalue weighted by Crippen LogP contribution is -1.98. The molecular weight excluding hydrogens is 210 g/mol. The van der Waals surface area contributed by atoms with Gasteiger partial charge in [-0.2, -0.15) is 0 Å². The summed E-state index contributed by atoms with van der Waals surface area (Å²) in [5, 5.41) is 2.47. The van der Waals surface area contributed by atoms with Crippen LogP contribution >= 0.6 is 0 Å². The first-order valence-corrected chi connectivity index (χ1v) is 5.52. The second kappa shape index (κ2) is 3.63. The fourth-order valence-corrected chi connectivity index (χ4v) is 2.04. The molecule has 0 spiro atoms. The summed E-state index contributed by atoms with van der Waals surface area (Å²) in [5.41, 5.74) is 7.91. The number of rotatable bonds is 1. The lowest BCUT2D eigenvalue weighted by molar-refractivity contribution is 0.938. The number of imidazole rings is 1. The largest absolute Gasteiger partial charge is 0.369 e. The Labute approximate surface area is 99.5 Å². The summed E-state index contributed by atoms with van der Waals surface area (Å²) >= 11 is 0. The second-order valence-electron chi connectivity index (χ2n) is 4.12. The van der Waals surface area contributed by atoms with E-state index in [1.54, 1.807) is 6.20 Å². The third kappa shape index (κ3) is 1.56. The fraction of sp³-hybridized carbons (Fsp3) is 0.0714. The SMILES string of the molecule is Cn1c(-c2ccc3ccccc3c2)cnc1N. The van der Waals surface area contributed by atoms with Gasteiger partial charge in [0.15, 0.2) is 5.95 Å². The fourth-order valence-electron chi connectivity index (χ4n) is 2.04. The van der Waals surface area contributed by atoms with Crippen LogP contribution in [-0.4, -0.2) is 9.55 Å². The quantitative estimate of drug-likeness (QED) is 0.689. The van der Waals surface area contributed by atoms with Crippen molar-refractivity contribution in [1.82, 2.24) is 9.55 Å². The highest BCUT2D eigenvalue weighted by Gasteiger charge is 2.06. The summed E-state index contributed by atoms with van der Waals surface area (Å²) in [7, 11) is 1.92. The zero-order valence-corrected chi connectivity index (χ0v) is 9.59. The van der Waals surface area contributed by atoms with Gasteiger partial charge in [-0.15, -0.1) is 0 Å². The molecule has 3 nitrogen and oxygen atoms in total. The molecule has 3 rings (SSSR count). The third-order valence-corrected chi connectivity index (χ3v) is 3.07. The molecule has 0 saturated heterocycles. The van der Waals surface area contributed by atoms with Gasteiger partial charge < -0.3 is 10.3 Å². The van der Waals surface area contributed by atoms with Crippen molar-refractivity contribution in [3.05, 3.63) is 48.7 Å². The topological polar surface area (TPSA) is 43.8 Å². The van der Waals surface area contributed by atoms with Gasteiger partial charge >= 0.3 is 0 Å². The summed E-state index contributed by atoms with van der Waals surface area (Å²) < 4.78 is 1.89. The number of nitrogen functional groups attached to an aromatic ring is 1. The molecule has 0 atom stereocenters. The van der Waals surface area contributed by atoms with Crippen molar-refractivity contribution in [2.24, 2.45) is 7.05 Å². The van der Waals surface area contributed by atoms with Gasteiger partial charge in [-0.1, -0.05) is 36.4 Å². The Morgan fingerprint density at radius 3 is 2.53 bits per heavy atom. The molecule has 0 unspecified atom stereocenters. The Bertz CT molecular complexity index is 683. The van der Waals surface area contributed by atoms with E-state index in [4.69, 9.17) is 5.73 Å². The number of hydrogen-bond acceptors (Lipinski definition) is 2. The zero-order chi connectivity index (χ0) is 11.8. The van der Waals surface area contributed by atoms with Crippen molar-refractivity contribution in [3.8, 4) is 11.3 Å². The number of nitrogens with zero attached hydrogens (tertiary/aromatic N) is 2. The molecule has 0 aliphatic heterocycles. The van der Waals surface area contributed by atoms with Gasteiger partial charge in [-0.3, -0.25) is 0 Å². The highest BCUT2D eigenvalue weighted by Crippen LogP contribution is 2.25. The molecule has 0 aliphatic rings. The standard InChI is InChI=1S/C14H13N3/c1-17-13(9-16-14(17)15)12-7-6-10-4-2-3-5-11(10)8-12/h2-9H,1H3,(H2,15,16). The average Bonchev–Trinajstić information content (AvgIpc) is 2.70. The van der Waals surface area contributed by atoms with E-state index in [-0.39, 0.29) is 0 Å². The molecule has 3 aromatic rings. The Morgan fingerprint density at radius 2 is 1.82 bits per heavy atom. The van der Waals surface area contributed by atoms with Crippen LogP contribution < -0.4 is 5.73 Å². The van der Waals surface area contributed by atoms with Crippen molar-refractivity contribution in [2.45, 2.75) is 0 Å². The molecule has 84 valence electrons. The maximum Gasteiger partial charge on any atom is 0.200 e. The zero-order valence-electron chi connectivity index (χ0n) is 9.59. The van der Waals surface area contributed by atoms with Crippen LogP contribution in [0.1, 0.15) is 0 Å². The Balaban J connectivity index is 2.21. The lowest BCUT2D eigenvalue weighted by Gasteiger charge is -2.05. The van der Waals surface area contributed by atoms with Gasteiger partial charge in [0.25, 0.3) is 0 Å². The van der Waals surface area contributed by atoms with Crippen molar-refractivity contribution >= 4 is 16.7 Å². The Morgan fingerprint density at radius 1 is 1.06 bits per heavy atom. The number of hydrogen-bond donors (Lipinski definition) is 1. The van der Waals surface area contributed by atoms with E-state index >= 15 is 0 Å². The normalized spacial score (nSPS) is 10.9. The maximum atomic E-state index is 5.74. The molecule has 1 heterocycles. The van der Waals surface area contributed by atoms with Gasteiger partial charge in [0, 0.05) is 12.6 Å². The van der Waals surface area contributed by atoms with E-state index in [1.807, 2.05) is 23.7 Å². The second-order valence-corrected chi connectivity index (χ2v) is 4.12. The van der Waals surface area contributed by atoms with E-state index in [0.29, 0.717) is 5.95 Å². The first-order chi connectivity index (χ1) is 8.25. The van der Waals surface area contributed by atoms with Crippen LogP contribution in [0.4, 0.5) is 5.95 Å². The summed E-state index contributed by atoms with van der Waals surface area (Å²) in [4.78, 5) is 4.11. The van der Waals surface area contributed by atoms with Crippen LogP contribution in [0.2, 0.25) is 0 Å². The Kier molecular flexibility index (Phi) is 2.11. The molecule has 3 heteroatoms. The maximum absolute atomic E-state index is 5.74. The molecule has 0 radical (unpaired) electrons. The van der Waals surface area contributed by atoms with E-state index in [9.17, 15) is 0 Å². The van der Waals surface area contributed by atoms with E-state index in [1.165, 1.54) is 10.8 Å². The van der Waals surface area contributed by atoms with Crippen molar-refractivity contribution in [3.63, 3.8) is 0 Å². The molecule has 1 aromatic heterocycles. The van der Waals surface area contributed by atoms with Gasteiger partial charge in [0.05, 0.1) is 11.9 Å². The number of anilines is 1. The molecular formula is C14H13N3. The Hall–Kier alpha value is -2.29. The first kappa shape index (κ1) is 9.90. The van der Waals surface area contributed by atoms with Gasteiger partial charge in [0.1, 0.15) is 0 Å². The van der Waals surface area contributed by atoms with Crippen LogP contribution in [0.3, 0.4) is 0 Å². The third-order valence-electron chi connectivity index (χ3n) is 3.07. The minimum absolute atomic E-state index is 0.535. The number of benzene rings is 2. The predicted octanol–water partition coefficient (Wildman–Crippen LogP) is 2.82. The molecule has 0 amide bonds. The first-order valence-electron chi connectivity index (χ1n) is 5.52. The smallest absolute Gasteiger partial charge is 0.200 e. The highest BCUT2D eigenvalue weighted by atomic mass is 15.1. The number of fused-ring (bicyclic) bond motifs is 1. The van der Waals surface area contributed by atoms with Crippen LogP contribution in [0.25, 0.3) is 22.0 Å². The molecule has 17 heavy (non-hydrogen) atoms. The number of aromatic nitrogens is 2. The summed E-state index contributed by atoms with van der Waals surface area (Å²) in [6.07, 6.45) is 1.80. The van der Waals surface area contributed by atoms with E-state index in [2.05, 4.69) is 35.3 Å². The van der Waals surface area contributed by atoms with Gasteiger partial charge in [0.2, 0.25) is 0 Å². The minimum Gasteiger partial charge on any atom is -0.369 e. The highest BCUT2D eigenvalue weighted by molar-refractivity contribution is 5.86. The number of nitrogens with two attached hydrogens (primary N) is 1. The summed E-state index contributed by atoms with van der Waals surface area (Å²) in [5.74, 6) is 0.535. The van der Waals surface area contributed by atoms with Crippen molar-refractivity contribution in [2.75, 3.05) is 5.73 Å².